The molecule has 1 saturated carbocycles. The van der Waals surface area contributed by atoms with Crippen LogP contribution in [0.4, 0.5) is 11.4 Å². The fourth-order valence-corrected chi connectivity index (χ4v) is 4.06. The average Bonchev–Trinajstić information content (AvgIpc) is 2.67. The first-order valence-corrected chi connectivity index (χ1v) is 9.28. The summed E-state index contributed by atoms with van der Waals surface area (Å²) in [6, 6.07) is 16.7. The molecule has 0 amide bonds. The van der Waals surface area contributed by atoms with Crippen molar-refractivity contribution in [2.75, 3.05) is 5.32 Å². The molecular formula is C21H26N4. The highest BCUT2D eigenvalue weighted by atomic mass is 15.2. The van der Waals surface area contributed by atoms with Gasteiger partial charge in [-0.2, -0.15) is 0 Å². The number of anilines is 1. The number of para-hydroxylation sites is 2. The van der Waals surface area contributed by atoms with Gasteiger partial charge in [0.1, 0.15) is 5.84 Å². The van der Waals surface area contributed by atoms with Crippen molar-refractivity contribution >= 4 is 17.2 Å². The minimum Gasteiger partial charge on any atom is -0.371 e. The zero-order valence-corrected chi connectivity index (χ0v) is 14.6. The Morgan fingerprint density at radius 3 is 2.48 bits per heavy atom. The van der Waals surface area contributed by atoms with Gasteiger partial charge >= 0.3 is 0 Å². The van der Waals surface area contributed by atoms with Gasteiger partial charge in [0.25, 0.3) is 0 Å². The lowest BCUT2D eigenvalue weighted by molar-refractivity contribution is 0.396. The van der Waals surface area contributed by atoms with E-state index in [1.165, 1.54) is 30.4 Å². The summed E-state index contributed by atoms with van der Waals surface area (Å²) in [4.78, 5) is 5.00. The zero-order valence-electron chi connectivity index (χ0n) is 14.6. The van der Waals surface area contributed by atoms with Gasteiger partial charge in [-0.05, 0) is 36.1 Å². The summed E-state index contributed by atoms with van der Waals surface area (Å²) in [5.74, 6) is 1.08. The standard InChI is InChI=1S/C21H26N4/c22-14-16-8-2-3-9-17(16)15-23-20-21(12-6-1-7-13-21)25-19-11-5-4-10-18(19)24-20/h2-5,8-11,25H,1,6-7,12-15,22H2,(H,23,24). The molecule has 1 heterocycles. The molecule has 4 heteroatoms. The number of benzene rings is 2. The minimum absolute atomic E-state index is 0.0513. The molecular weight excluding hydrogens is 308 g/mol. The van der Waals surface area contributed by atoms with E-state index in [9.17, 15) is 0 Å². The average molecular weight is 334 g/mol. The second kappa shape index (κ2) is 6.89. The van der Waals surface area contributed by atoms with Gasteiger partial charge in [0, 0.05) is 13.1 Å². The van der Waals surface area contributed by atoms with E-state index in [0.717, 1.165) is 36.6 Å². The largest absolute Gasteiger partial charge is 0.371 e. The van der Waals surface area contributed by atoms with Crippen LogP contribution >= 0.6 is 0 Å². The highest BCUT2D eigenvalue weighted by molar-refractivity contribution is 6.00. The minimum atomic E-state index is -0.0513. The lowest BCUT2D eigenvalue weighted by Gasteiger charge is -2.42. The van der Waals surface area contributed by atoms with Gasteiger partial charge in [-0.3, -0.25) is 0 Å². The van der Waals surface area contributed by atoms with Crippen LogP contribution in [0.25, 0.3) is 0 Å². The molecule has 1 aliphatic carbocycles. The molecule has 2 aromatic rings. The Morgan fingerprint density at radius 2 is 1.68 bits per heavy atom. The number of nitrogens with two attached hydrogens (primary N) is 1. The van der Waals surface area contributed by atoms with Crippen LogP contribution in [-0.2, 0) is 13.1 Å². The van der Waals surface area contributed by atoms with Crippen LogP contribution in [-0.4, -0.2) is 11.4 Å². The van der Waals surface area contributed by atoms with Crippen molar-refractivity contribution in [3.63, 3.8) is 0 Å². The number of amidine groups is 1. The van der Waals surface area contributed by atoms with Crippen molar-refractivity contribution in [3.8, 4) is 0 Å². The number of fused-ring (bicyclic) bond motifs is 1. The van der Waals surface area contributed by atoms with Crippen LogP contribution in [0.3, 0.4) is 0 Å². The smallest absolute Gasteiger partial charge is 0.128 e. The van der Waals surface area contributed by atoms with Crippen LogP contribution in [0, 0.1) is 0 Å². The molecule has 1 aliphatic heterocycles. The molecule has 0 atom stereocenters. The van der Waals surface area contributed by atoms with Crippen LogP contribution < -0.4 is 16.4 Å². The maximum atomic E-state index is 5.89. The van der Waals surface area contributed by atoms with Crippen molar-refractivity contribution in [1.82, 2.24) is 5.32 Å². The monoisotopic (exact) mass is 334 g/mol. The molecule has 130 valence electrons. The first-order chi connectivity index (χ1) is 12.3. The number of rotatable bonds is 3. The van der Waals surface area contributed by atoms with E-state index in [2.05, 4.69) is 47.0 Å². The van der Waals surface area contributed by atoms with E-state index in [4.69, 9.17) is 10.7 Å². The molecule has 1 fully saturated rings. The van der Waals surface area contributed by atoms with Gasteiger partial charge < -0.3 is 16.4 Å². The van der Waals surface area contributed by atoms with Gasteiger partial charge in [-0.25, -0.2) is 4.99 Å². The SMILES string of the molecule is NCc1ccccc1CNC1=Nc2ccccc2NC12CCCCC2. The molecule has 4 rings (SSSR count). The van der Waals surface area contributed by atoms with Crippen LogP contribution in [0.1, 0.15) is 43.2 Å². The van der Waals surface area contributed by atoms with Gasteiger partial charge in [0.15, 0.2) is 0 Å². The topological polar surface area (TPSA) is 62.4 Å². The molecule has 1 spiro atoms. The van der Waals surface area contributed by atoms with Crippen molar-refractivity contribution in [2.45, 2.75) is 50.7 Å². The highest BCUT2D eigenvalue weighted by Gasteiger charge is 2.40. The van der Waals surface area contributed by atoms with Crippen molar-refractivity contribution in [1.29, 1.82) is 0 Å². The second-order valence-corrected chi connectivity index (χ2v) is 7.07. The number of nitrogens with one attached hydrogen (secondary N) is 2. The predicted octanol–water partition coefficient (Wildman–Crippen LogP) is 4.09. The Labute approximate surface area is 149 Å². The van der Waals surface area contributed by atoms with E-state index in [0.29, 0.717) is 6.54 Å². The second-order valence-electron chi connectivity index (χ2n) is 7.07. The van der Waals surface area contributed by atoms with E-state index < -0.39 is 0 Å². The van der Waals surface area contributed by atoms with Gasteiger partial charge in [-0.1, -0.05) is 55.7 Å². The van der Waals surface area contributed by atoms with Gasteiger partial charge in [0.2, 0.25) is 0 Å². The van der Waals surface area contributed by atoms with E-state index in [1.807, 2.05) is 12.1 Å². The maximum Gasteiger partial charge on any atom is 0.128 e. The highest BCUT2D eigenvalue weighted by Crippen LogP contribution is 2.40. The van der Waals surface area contributed by atoms with Crippen LogP contribution in [0.2, 0.25) is 0 Å². The van der Waals surface area contributed by atoms with Gasteiger partial charge in [0.05, 0.1) is 16.9 Å². The lowest BCUT2D eigenvalue weighted by atomic mass is 9.79. The zero-order chi connectivity index (χ0) is 17.1. The summed E-state index contributed by atoms with van der Waals surface area (Å²) in [6.45, 7) is 1.33. The first kappa shape index (κ1) is 16.2. The van der Waals surface area contributed by atoms with Crippen LogP contribution in [0.15, 0.2) is 53.5 Å². The quantitative estimate of drug-likeness (QED) is 0.792. The van der Waals surface area contributed by atoms with Crippen molar-refractivity contribution < 1.29 is 0 Å². The lowest BCUT2D eigenvalue weighted by Crippen LogP contribution is -2.54. The van der Waals surface area contributed by atoms with Crippen molar-refractivity contribution in [3.05, 3.63) is 59.7 Å². The first-order valence-electron chi connectivity index (χ1n) is 9.28. The third-order valence-electron chi connectivity index (χ3n) is 5.46. The fourth-order valence-electron chi connectivity index (χ4n) is 4.06. The molecule has 4 nitrogen and oxygen atoms in total. The fraction of sp³-hybridized carbons (Fsp3) is 0.381. The maximum absolute atomic E-state index is 5.89. The third kappa shape index (κ3) is 3.14. The number of hydrogen-bond acceptors (Lipinski definition) is 4. The Bertz CT molecular complexity index is 775. The third-order valence-corrected chi connectivity index (χ3v) is 5.46. The molecule has 2 aromatic carbocycles. The predicted molar refractivity (Wildman–Crippen MR) is 104 cm³/mol. The molecule has 0 saturated heterocycles. The molecule has 2 aliphatic rings. The number of aliphatic imine (C=N–C) groups is 1. The summed E-state index contributed by atoms with van der Waals surface area (Å²) in [6.07, 6.45) is 6.07. The van der Waals surface area contributed by atoms with Crippen LogP contribution in [0.5, 0.6) is 0 Å². The summed E-state index contributed by atoms with van der Waals surface area (Å²) in [7, 11) is 0. The summed E-state index contributed by atoms with van der Waals surface area (Å²) < 4.78 is 0. The number of nitrogens with zero attached hydrogens (tertiary/aromatic N) is 1. The Morgan fingerprint density at radius 1 is 0.960 bits per heavy atom. The molecule has 0 aromatic heterocycles. The van der Waals surface area contributed by atoms with Crippen molar-refractivity contribution in [2.24, 2.45) is 10.7 Å². The molecule has 0 unspecified atom stereocenters. The summed E-state index contributed by atoms with van der Waals surface area (Å²) in [5, 5.41) is 7.46. The summed E-state index contributed by atoms with van der Waals surface area (Å²) in [5.41, 5.74) is 10.4. The Hall–Kier alpha value is -2.33. The molecule has 0 bridgehead atoms. The Balaban J connectivity index is 1.63. The summed E-state index contributed by atoms with van der Waals surface area (Å²) >= 11 is 0. The molecule has 25 heavy (non-hydrogen) atoms. The van der Waals surface area contributed by atoms with E-state index in [1.54, 1.807) is 0 Å². The van der Waals surface area contributed by atoms with E-state index in [-0.39, 0.29) is 5.54 Å². The normalized spacial score (nSPS) is 18.2. The molecule has 4 N–H and O–H groups in total. The number of hydrogen-bond donors (Lipinski definition) is 3. The Kier molecular flexibility index (Phi) is 4.45. The van der Waals surface area contributed by atoms with E-state index >= 15 is 0 Å². The molecule has 0 radical (unpaired) electrons. The van der Waals surface area contributed by atoms with Gasteiger partial charge in [-0.15, -0.1) is 0 Å².